The van der Waals surface area contributed by atoms with E-state index in [9.17, 15) is 14.9 Å². The van der Waals surface area contributed by atoms with Gasteiger partial charge in [-0.3, -0.25) is 14.5 Å². The summed E-state index contributed by atoms with van der Waals surface area (Å²) in [6.07, 6.45) is 5.95. The molecule has 204 valence electrons. The number of nitrogens with zero attached hydrogens (tertiary/aromatic N) is 4. The highest BCUT2D eigenvalue weighted by atomic mass is 16.5. The summed E-state index contributed by atoms with van der Waals surface area (Å²) in [6, 6.07) is 17.6. The zero-order valence-electron chi connectivity index (χ0n) is 23.0. The number of nitriles is 1. The van der Waals surface area contributed by atoms with Crippen molar-refractivity contribution in [1.29, 1.82) is 5.26 Å². The lowest BCUT2D eigenvalue weighted by atomic mass is 9.93. The van der Waals surface area contributed by atoms with Crippen molar-refractivity contribution in [2.75, 3.05) is 19.8 Å². The van der Waals surface area contributed by atoms with Crippen LogP contribution in [0.3, 0.4) is 0 Å². The van der Waals surface area contributed by atoms with Crippen LogP contribution in [-0.2, 0) is 14.3 Å². The molecule has 1 saturated heterocycles. The molecule has 2 aromatic carbocycles. The second-order valence-corrected chi connectivity index (χ2v) is 10.1. The van der Waals surface area contributed by atoms with Crippen molar-refractivity contribution in [1.82, 2.24) is 14.7 Å². The summed E-state index contributed by atoms with van der Waals surface area (Å²) in [5.41, 5.74) is 4.68. The number of benzene rings is 2. The minimum absolute atomic E-state index is 0.0332. The van der Waals surface area contributed by atoms with Gasteiger partial charge in [-0.25, -0.2) is 4.68 Å². The lowest BCUT2D eigenvalue weighted by Crippen LogP contribution is -2.46. The van der Waals surface area contributed by atoms with Gasteiger partial charge in [0.1, 0.15) is 17.4 Å². The summed E-state index contributed by atoms with van der Waals surface area (Å²) in [5.74, 6) is -0.192. The average molecular weight is 537 g/mol. The Balaban J connectivity index is 1.62. The van der Waals surface area contributed by atoms with E-state index in [-0.39, 0.29) is 18.2 Å². The number of carbonyl (C=O) groups is 2. The van der Waals surface area contributed by atoms with Crippen molar-refractivity contribution in [2.45, 2.75) is 46.1 Å². The molecule has 0 bridgehead atoms. The first-order valence-electron chi connectivity index (χ1n) is 13.6. The predicted octanol–water partition coefficient (Wildman–Crippen LogP) is 5.41. The van der Waals surface area contributed by atoms with Crippen LogP contribution in [0.4, 0.5) is 0 Å². The molecule has 2 aliphatic heterocycles. The van der Waals surface area contributed by atoms with Crippen molar-refractivity contribution in [3.05, 3.63) is 82.6 Å². The van der Waals surface area contributed by atoms with E-state index in [1.165, 1.54) is 0 Å². The lowest BCUT2D eigenvalue weighted by molar-refractivity contribution is -0.142. The molecule has 1 aromatic heterocycles. The molecular weight excluding hydrogens is 504 g/mol. The van der Waals surface area contributed by atoms with E-state index in [0.717, 1.165) is 46.7 Å². The third-order valence-corrected chi connectivity index (χ3v) is 7.21. The van der Waals surface area contributed by atoms with Gasteiger partial charge >= 0.3 is 0 Å². The van der Waals surface area contributed by atoms with Crippen molar-refractivity contribution in [3.63, 3.8) is 0 Å². The average Bonchev–Trinajstić information content (AvgIpc) is 3.64. The van der Waals surface area contributed by atoms with Crippen LogP contribution in [0.2, 0.25) is 0 Å². The number of imide groups is 1. The summed E-state index contributed by atoms with van der Waals surface area (Å²) in [5, 5.41) is 14.7. The largest absolute Gasteiger partial charge is 0.493 e. The Bertz CT molecular complexity index is 1540. The van der Waals surface area contributed by atoms with E-state index in [4.69, 9.17) is 14.6 Å². The second-order valence-electron chi connectivity index (χ2n) is 10.1. The minimum atomic E-state index is -0.573. The lowest BCUT2D eigenvalue weighted by Gasteiger charge is -2.29. The van der Waals surface area contributed by atoms with Gasteiger partial charge in [-0.05, 0) is 80.7 Å². The fourth-order valence-electron chi connectivity index (χ4n) is 5.04. The molecule has 0 radical (unpaired) electrons. The predicted molar refractivity (Wildman–Crippen MR) is 152 cm³/mol. The van der Waals surface area contributed by atoms with Gasteiger partial charge in [0.05, 0.1) is 30.6 Å². The summed E-state index contributed by atoms with van der Waals surface area (Å²) in [4.78, 5) is 28.0. The van der Waals surface area contributed by atoms with E-state index in [2.05, 4.69) is 6.92 Å². The van der Waals surface area contributed by atoms with Crippen molar-refractivity contribution in [3.8, 4) is 28.8 Å². The van der Waals surface area contributed by atoms with E-state index < -0.39 is 11.8 Å². The highest BCUT2D eigenvalue weighted by Crippen LogP contribution is 2.33. The molecule has 3 aromatic rings. The van der Waals surface area contributed by atoms with Crippen LogP contribution in [0, 0.1) is 18.3 Å². The zero-order chi connectivity index (χ0) is 28.2. The third-order valence-electron chi connectivity index (χ3n) is 7.21. The zero-order valence-corrected chi connectivity index (χ0v) is 23.0. The summed E-state index contributed by atoms with van der Waals surface area (Å²) in [6.45, 7) is 7.07. The van der Waals surface area contributed by atoms with Crippen LogP contribution >= 0.6 is 0 Å². The Morgan fingerprint density at radius 3 is 2.62 bits per heavy atom. The van der Waals surface area contributed by atoms with Crippen molar-refractivity contribution in [2.24, 2.45) is 0 Å². The first kappa shape index (κ1) is 27.1. The van der Waals surface area contributed by atoms with Crippen molar-refractivity contribution >= 4 is 17.9 Å². The molecule has 0 N–H and O–H groups in total. The molecule has 1 unspecified atom stereocenters. The number of carbonyl (C=O) groups excluding carboxylic acids is 2. The first-order chi connectivity index (χ1) is 19.4. The Kier molecular flexibility index (Phi) is 7.94. The molecule has 5 rings (SSSR count). The molecule has 8 heteroatoms. The van der Waals surface area contributed by atoms with Gasteiger partial charge in [0.2, 0.25) is 0 Å². The molecule has 2 aliphatic rings. The molecule has 1 fully saturated rings. The number of hydrogen-bond donors (Lipinski definition) is 0. The molecular formula is C32H32N4O4. The van der Waals surface area contributed by atoms with Crippen LogP contribution in [0.5, 0.6) is 5.75 Å². The molecule has 0 spiro atoms. The van der Waals surface area contributed by atoms with E-state index in [1.54, 1.807) is 17.7 Å². The normalized spacial score (nSPS) is 18.5. The highest BCUT2D eigenvalue weighted by Gasteiger charge is 2.37. The summed E-state index contributed by atoms with van der Waals surface area (Å²) >= 11 is 0. The monoisotopic (exact) mass is 536 g/mol. The topological polar surface area (TPSA) is 97.4 Å². The molecule has 1 atom stereocenters. The number of rotatable bonds is 8. The van der Waals surface area contributed by atoms with E-state index >= 15 is 0 Å². The minimum Gasteiger partial charge on any atom is -0.493 e. The Labute approximate surface area is 234 Å². The number of aryl methyl sites for hydroxylation is 1. The number of aromatic nitrogens is 2. The fourth-order valence-corrected chi connectivity index (χ4v) is 5.04. The Morgan fingerprint density at radius 2 is 1.95 bits per heavy atom. The van der Waals surface area contributed by atoms with Crippen LogP contribution in [-0.4, -0.2) is 52.4 Å². The molecule has 2 amide bonds. The van der Waals surface area contributed by atoms with E-state index in [0.29, 0.717) is 35.6 Å². The Hall–Kier alpha value is -4.48. The van der Waals surface area contributed by atoms with Gasteiger partial charge in [0.15, 0.2) is 0 Å². The van der Waals surface area contributed by atoms with Crippen LogP contribution in [0.15, 0.2) is 71.4 Å². The van der Waals surface area contributed by atoms with E-state index in [1.807, 2.05) is 67.7 Å². The highest BCUT2D eigenvalue weighted by molar-refractivity contribution is 6.19. The van der Waals surface area contributed by atoms with Gasteiger partial charge in [-0.15, -0.1) is 0 Å². The van der Waals surface area contributed by atoms with Gasteiger partial charge in [0.25, 0.3) is 11.8 Å². The van der Waals surface area contributed by atoms with Gasteiger partial charge in [-0.1, -0.05) is 25.1 Å². The maximum absolute atomic E-state index is 13.7. The molecule has 40 heavy (non-hydrogen) atoms. The van der Waals surface area contributed by atoms with Crippen LogP contribution in [0.1, 0.15) is 44.2 Å². The van der Waals surface area contributed by atoms with Crippen molar-refractivity contribution < 1.29 is 19.1 Å². The van der Waals surface area contributed by atoms with Gasteiger partial charge in [-0.2, -0.15) is 10.4 Å². The second kappa shape index (κ2) is 11.7. The number of hydrogen-bond acceptors (Lipinski definition) is 6. The summed E-state index contributed by atoms with van der Waals surface area (Å²) in [7, 11) is 0. The maximum Gasteiger partial charge on any atom is 0.271 e. The van der Waals surface area contributed by atoms with Crippen LogP contribution < -0.4 is 4.74 Å². The fraction of sp³-hybridized carbons (Fsp3) is 0.312. The Morgan fingerprint density at radius 1 is 1.15 bits per heavy atom. The smallest absolute Gasteiger partial charge is 0.271 e. The van der Waals surface area contributed by atoms with Gasteiger partial charge < -0.3 is 9.47 Å². The third kappa shape index (κ3) is 5.33. The van der Waals surface area contributed by atoms with Gasteiger partial charge in [0, 0.05) is 29.5 Å². The standard InChI is InChI=1S/C32H32N4O4/c1-4-14-40-29-13-12-23(16-21(29)2)30-24(19-36(34-30)25-9-6-5-7-10-25)17-27-22(3)28(18-33)32(38)35(31(27)37)20-26-11-8-15-39-26/h5-7,9-10,12-13,16-17,19,26H,4,8,11,14-15,20H2,1-3H3/b27-17+. The number of amides is 2. The molecule has 0 saturated carbocycles. The summed E-state index contributed by atoms with van der Waals surface area (Å²) < 4.78 is 13.3. The SMILES string of the molecule is CCCOc1ccc(-c2nn(-c3ccccc3)cc2/C=C2/C(=O)N(CC3CCCO3)C(=O)C(C#N)=C2C)cc1C. The quantitative estimate of drug-likeness (QED) is 0.282. The number of para-hydroxylation sites is 1. The number of ether oxygens (including phenoxy) is 2. The molecule has 0 aliphatic carbocycles. The first-order valence-corrected chi connectivity index (χ1v) is 13.6. The molecule has 3 heterocycles. The maximum atomic E-state index is 13.7. The van der Waals surface area contributed by atoms with Crippen LogP contribution in [0.25, 0.3) is 23.0 Å². The molecule has 8 nitrogen and oxygen atoms in total.